The Morgan fingerprint density at radius 1 is 1.11 bits per heavy atom. The Balaban J connectivity index is 2.10. The SMILES string of the molecule is CN(C)/C=C(\C(=O)c1ccc(C(F)(F)F)cc1)n1ccc2cccnc2c1=O. The van der Waals surface area contributed by atoms with Crippen LogP contribution in [0.15, 0.2) is 65.9 Å². The van der Waals surface area contributed by atoms with E-state index in [-0.39, 0.29) is 16.8 Å². The van der Waals surface area contributed by atoms with Crippen molar-refractivity contribution in [3.63, 3.8) is 0 Å². The van der Waals surface area contributed by atoms with Gasteiger partial charge in [-0.1, -0.05) is 18.2 Å². The van der Waals surface area contributed by atoms with Crippen LogP contribution in [0.1, 0.15) is 15.9 Å². The maximum Gasteiger partial charge on any atom is 0.416 e. The Morgan fingerprint density at radius 3 is 2.39 bits per heavy atom. The fraction of sp³-hybridized carbons (Fsp3) is 0.150. The minimum atomic E-state index is -4.50. The molecule has 0 aliphatic heterocycles. The van der Waals surface area contributed by atoms with Crippen LogP contribution in [-0.4, -0.2) is 34.3 Å². The summed E-state index contributed by atoms with van der Waals surface area (Å²) in [5.41, 5.74) is -1.12. The fourth-order valence-corrected chi connectivity index (χ4v) is 2.69. The van der Waals surface area contributed by atoms with Gasteiger partial charge in [-0.2, -0.15) is 13.2 Å². The number of aromatic nitrogens is 2. The summed E-state index contributed by atoms with van der Waals surface area (Å²) in [5.74, 6) is -0.584. The molecule has 0 N–H and O–H groups in total. The molecule has 1 aromatic carbocycles. The second-order valence-electron chi connectivity index (χ2n) is 6.31. The normalized spacial score (nSPS) is 12.2. The smallest absolute Gasteiger partial charge is 0.382 e. The summed E-state index contributed by atoms with van der Waals surface area (Å²) in [5, 5.41) is 0.620. The van der Waals surface area contributed by atoms with Crippen molar-refractivity contribution in [3.8, 4) is 0 Å². The second-order valence-corrected chi connectivity index (χ2v) is 6.31. The number of nitrogens with zero attached hydrogens (tertiary/aromatic N) is 3. The number of Topliss-reactive ketones (excluding diaryl/α,β-unsaturated/α-hetero) is 1. The van der Waals surface area contributed by atoms with Gasteiger partial charge in [0.05, 0.1) is 5.56 Å². The summed E-state index contributed by atoms with van der Waals surface area (Å²) in [4.78, 5) is 31.4. The predicted octanol–water partition coefficient (Wildman–Crippen LogP) is 3.66. The quantitative estimate of drug-likeness (QED) is 0.507. The molecular weight excluding hydrogens is 371 g/mol. The average Bonchev–Trinajstić information content (AvgIpc) is 2.66. The first kappa shape index (κ1) is 19.3. The molecule has 0 fully saturated rings. The summed E-state index contributed by atoms with van der Waals surface area (Å²) < 4.78 is 39.4. The number of pyridine rings is 2. The van der Waals surface area contributed by atoms with Crippen molar-refractivity contribution in [2.75, 3.05) is 14.1 Å². The number of carbonyl (C=O) groups is 1. The van der Waals surface area contributed by atoms with Crippen molar-refractivity contribution in [2.45, 2.75) is 6.18 Å². The molecule has 2 heterocycles. The van der Waals surface area contributed by atoms with E-state index in [1.54, 1.807) is 37.2 Å². The fourth-order valence-electron chi connectivity index (χ4n) is 2.69. The Kier molecular flexibility index (Phi) is 5.04. The van der Waals surface area contributed by atoms with E-state index in [0.29, 0.717) is 5.39 Å². The van der Waals surface area contributed by atoms with Crippen molar-refractivity contribution in [3.05, 3.63) is 82.5 Å². The zero-order valence-corrected chi connectivity index (χ0v) is 15.1. The van der Waals surface area contributed by atoms with Gasteiger partial charge in [-0.05, 0) is 24.3 Å². The highest BCUT2D eigenvalue weighted by Crippen LogP contribution is 2.29. The van der Waals surface area contributed by atoms with Gasteiger partial charge < -0.3 is 4.90 Å². The van der Waals surface area contributed by atoms with E-state index in [4.69, 9.17) is 0 Å². The molecule has 0 atom stereocenters. The lowest BCUT2D eigenvalue weighted by Crippen LogP contribution is -2.25. The van der Waals surface area contributed by atoms with Crippen LogP contribution < -0.4 is 5.56 Å². The molecule has 5 nitrogen and oxygen atoms in total. The zero-order chi connectivity index (χ0) is 20.5. The minimum absolute atomic E-state index is 0.00214. The monoisotopic (exact) mass is 387 g/mol. The van der Waals surface area contributed by atoms with Crippen LogP contribution in [-0.2, 0) is 6.18 Å². The summed E-state index contributed by atoms with van der Waals surface area (Å²) in [6, 6.07) is 8.93. The van der Waals surface area contributed by atoms with Gasteiger partial charge in [0.15, 0.2) is 0 Å². The third-order valence-electron chi connectivity index (χ3n) is 4.01. The van der Waals surface area contributed by atoms with Gasteiger partial charge in [0.25, 0.3) is 5.56 Å². The first-order chi connectivity index (χ1) is 13.2. The van der Waals surface area contributed by atoms with Crippen LogP contribution in [0.2, 0.25) is 0 Å². The lowest BCUT2D eigenvalue weighted by molar-refractivity contribution is -0.137. The van der Waals surface area contributed by atoms with E-state index in [1.165, 1.54) is 18.6 Å². The number of rotatable bonds is 4. The number of ketones is 1. The number of fused-ring (bicyclic) bond motifs is 1. The van der Waals surface area contributed by atoms with E-state index in [0.717, 1.165) is 28.8 Å². The Hall–Kier alpha value is -3.42. The maximum absolute atomic E-state index is 13.0. The van der Waals surface area contributed by atoms with Crippen LogP contribution in [0.4, 0.5) is 13.2 Å². The van der Waals surface area contributed by atoms with Gasteiger partial charge in [-0.3, -0.25) is 19.1 Å². The number of hydrogen-bond acceptors (Lipinski definition) is 4. The lowest BCUT2D eigenvalue weighted by atomic mass is 10.1. The molecule has 0 unspecified atom stereocenters. The molecule has 0 aliphatic rings. The molecule has 28 heavy (non-hydrogen) atoms. The molecule has 3 rings (SSSR count). The standard InChI is InChI=1S/C20H16F3N3O2/c1-25(2)12-16(18(27)14-5-7-15(8-6-14)20(21,22)23)26-11-9-13-4-3-10-24-17(13)19(26)28/h3-12H,1-2H3/b16-12+. The summed E-state index contributed by atoms with van der Waals surface area (Å²) >= 11 is 0. The number of hydrogen-bond donors (Lipinski definition) is 0. The van der Waals surface area contributed by atoms with E-state index in [2.05, 4.69) is 4.98 Å². The average molecular weight is 387 g/mol. The van der Waals surface area contributed by atoms with Crippen molar-refractivity contribution >= 4 is 22.4 Å². The minimum Gasteiger partial charge on any atom is -0.382 e. The predicted molar refractivity (Wildman–Crippen MR) is 99.7 cm³/mol. The Labute approximate surface area is 158 Å². The van der Waals surface area contributed by atoms with Gasteiger partial charge in [0.1, 0.15) is 11.2 Å². The third-order valence-corrected chi connectivity index (χ3v) is 4.01. The molecule has 0 amide bonds. The van der Waals surface area contributed by atoms with Crippen molar-refractivity contribution in [2.24, 2.45) is 0 Å². The number of allylic oxidation sites excluding steroid dienone is 1. The summed E-state index contributed by atoms with van der Waals surface area (Å²) in [6.07, 6.45) is -0.133. The van der Waals surface area contributed by atoms with Crippen LogP contribution in [0.3, 0.4) is 0 Å². The van der Waals surface area contributed by atoms with Gasteiger partial charge >= 0.3 is 6.18 Å². The molecule has 144 valence electrons. The molecule has 0 aliphatic carbocycles. The Bertz CT molecular complexity index is 1110. The van der Waals surface area contributed by atoms with Crippen LogP contribution in [0, 0.1) is 0 Å². The number of carbonyl (C=O) groups excluding carboxylic acids is 1. The van der Waals surface area contributed by atoms with Gasteiger partial charge in [-0.15, -0.1) is 0 Å². The molecule has 3 aromatic rings. The highest BCUT2D eigenvalue weighted by molar-refractivity contribution is 6.24. The van der Waals surface area contributed by atoms with Crippen molar-refractivity contribution in [1.82, 2.24) is 14.5 Å². The van der Waals surface area contributed by atoms with E-state index in [1.807, 2.05) is 0 Å². The highest BCUT2D eigenvalue weighted by Gasteiger charge is 2.30. The molecule has 0 saturated heterocycles. The topological polar surface area (TPSA) is 55.2 Å². The highest BCUT2D eigenvalue weighted by atomic mass is 19.4. The van der Waals surface area contributed by atoms with Gasteiger partial charge in [0, 0.05) is 43.6 Å². The van der Waals surface area contributed by atoms with Crippen LogP contribution in [0.25, 0.3) is 16.6 Å². The van der Waals surface area contributed by atoms with E-state index < -0.39 is 23.1 Å². The van der Waals surface area contributed by atoms with Crippen molar-refractivity contribution < 1.29 is 18.0 Å². The van der Waals surface area contributed by atoms with Crippen LogP contribution >= 0.6 is 0 Å². The molecule has 0 bridgehead atoms. The van der Waals surface area contributed by atoms with E-state index in [9.17, 15) is 22.8 Å². The third kappa shape index (κ3) is 3.80. The number of benzene rings is 1. The molecule has 0 saturated carbocycles. The molecule has 2 aromatic heterocycles. The zero-order valence-electron chi connectivity index (χ0n) is 15.1. The molecular formula is C20H16F3N3O2. The van der Waals surface area contributed by atoms with Crippen molar-refractivity contribution in [1.29, 1.82) is 0 Å². The molecule has 0 radical (unpaired) electrons. The van der Waals surface area contributed by atoms with Gasteiger partial charge in [0.2, 0.25) is 5.78 Å². The number of halogens is 3. The second kappa shape index (κ2) is 7.30. The van der Waals surface area contributed by atoms with Crippen LogP contribution in [0.5, 0.6) is 0 Å². The number of alkyl halides is 3. The first-order valence-electron chi connectivity index (χ1n) is 8.25. The molecule has 8 heteroatoms. The lowest BCUT2D eigenvalue weighted by Gasteiger charge is -2.14. The summed E-state index contributed by atoms with van der Waals surface area (Å²) in [6.45, 7) is 0. The first-order valence-corrected chi connectivity index (χ1v) is 8.25. The Morgan fingerprint density at radius 2 is 1.79 bits per heavy atom. The van der Waals surface area contributed by atoms with E-state index >= 15 is 0 Å². The summed E-state index contributed by atoms with van der Waals surface area (Å²) in [7, 11) is 3.34. The maximum atomic E-state index is 13.0. The molecule has 0 spiro atoms. The van der Waals surface area contributed by atoms with Gasteiger partial charge in [-0.25, -0.2) is 0 Å². The largest absolute Gasteiger partial charge is 0.416 e.